The molecule has 2 N–H and O–H groups in total. The molecular weight excluding hydrogens is 529 g/mol. The average Bonchev–Trinajstić information content (AvgIpc) is 2.93. The summed E-state index contributed by atoms with van der Waals surface area (Å²) in [6.45, 7) is 5.22. The highest BCUT2D eigenvalue weighted by molar-refractivity contribution is 14.0. The maximum Gasteiger partial charge on any atom is 0.242 e. The van der Waals surface area contributed by atoms with Crippen molar-refractivity contribution in [2.24, 2.45) is 4.99 Å². The Hall–Kier alpha value is -1.40. The van der Waals surface area contributed by atoms with Crippen LogP contribution in [0.15, 0.2) is 34.2 Å². The molecule has 8 nitrogen and oxygen atoms in total. The molecule has 1 fully saturated rings. The molecule has 31 heavy (non-hydrogen) atoms. The van der Waals surface area contributed by atoms with E-state index in [0.717, 1.165) is 38.8 Å². The summed E-state index contributed by atoms with van der Waals surface area (Å²) < 4.78 is 26.3. The first-order valence-corrected chi connectivity index (χ1v) is 12.1. The zero-order valence-corrected chi connectivity index (χ0v) is 21.9. The van der Waals surface area contributed by atoms with Crippen LogP contribution >= 0.6 is 24.0 Å². The molecule has 1 aromatic rings. The minimum absolute atomic E-state index is 0. The largest absolute Gasteiger partial charge is 0.357 e. The quantitative estimate of drug-likeness (QED) is 0.208. The summed E-state index contributed by atoms with van der Waals surface area (Å²) in [5, 5.41) is 6.47. The third-order valence-corrected chi connectivity index (χ3v) is 6.97. The van der Waals surface area contributed by atoms with Crippen molar-refractivity contribution >= 4 is 45.9 Å². The van der Waals surface area contributed by atoms with Gasteiger partial charge in [0.05, 0.1) is 11.4 Å². The van der Waals surface area contributed by atoms with Crippen LogP contribution in [0.5, 0.6) is 0 Å². The number of hydrogen-bond donors (Lipinski definition) is 2. The number of hydrogen-bond acceptors (Lipinski definition) is 4. The molecule has 176 valence electrons. The molecule has 0 saturated carbocycles. The van der Waals surface area contributed by atoms with E-state index in [0.29, 0.717) is 31.0 Å². The molecule has 0 atom stereocenters. The summed E-state index contributed by atoms with van der Waals surface area (Å²) in [7, 11) is -0.476. The van der Waals surface area contributed by atoms with E-state index in [1.54, 1.807) is 18.2 Å². The van der Waals surface area contributed by atoms with Crippen molar-refractivity contribution in [1.29, 1.82) is 0 Å². The van der Waals surface area contributed by atoms with E-state index >= 15 is 0 Å². The molecule has 10 heteroatoms. The lowest BCUT2D eigenvalue weighted by Crippen LogP contribution is -2.39. The molecule has 1 heterocycles. The van der Waals surface area contributed by atoms with E-state index in [-0.39, 0.29) is 41.3 Å². The molecule has 0 bridgehead atoms. The van der Waals surface area contributed by atoms with E-state index in [1.807, 2.05) is 17.9 Å². The fourth-order valence-electron chi connectivity index (χ4n) is 3.34. The first-order valence-electron chi connectivity index (χ1n) is 10.7. The standard InChI is InChI=1S/C21H35N5O3S.HI/c1-4-22-21(23-14-10-16-26-15-9-5-6-13-20(26)27)24-17-18-11-7-8-12-19(18)30(28,29)25(2)3;/h7-8,11-12H,4-6,9-10,13-17H2,1-3H3,(H2,22,23,24);1H. The number of nitrogens with zero attached hydrogens (tertiary/aromatic N) is 3. The Balaban J connectivity index is 0.00000480. The molecule has 0 radical (unpaired) electrons. The monoisotopic (exact) mass is 565 g/mol. The molecule has 1 aliphatic heterocycles. The van der Waals surface area contributed by atoms with Gasteiger partial charge in [-0.1, -0.05) is 24.6 Å². The fraction of sp³-hybridized carbons (Fsp3) is 0.619. The van der Waals surface area contributed by atoms with Crippen LogP contribution in [0.25, 0.3) is 0 Å². The summed E-state index contributed by atoms with van der Waals surface area (Å²) in [5.41, 5.74) is 0.651. The molecular formula is C21H36IN5O3S. The lowest BCUT2D eigenvalue weighted by atomic mass is 10.2. The first-order chi connectivity index (χ1) is 14.4. The lowest BCUT2D eigenvalue weighted by Gasteiger charge is -2.21. The van der Waals surface area contributed by atoms with Gasteiger partial charge in [-0.25, -0.2) is 17.7 Å². The Morgan fingerprint density at radius 3 is 2.61 bits per heavy atom. The van der Waals surface area contributed by atoms with E-state index < -0.39 is 10.0 Å². The van der Waals surface area contributed by atoms with Crippen LogP contribution in [0.2, 0.25) is 0 Å². The zero-order valence-electron chi connectivity index (χ0n) is 18.8. The molecule has 1 saturated heterocycles. The Kier molecular flexibility index (Phi) is 12.4. The second-order valence-corrected chi connectivity index (χ2v) is 9.68. The van der Waals surface area contributed by atoms with Crippen molar-refractivity contribution in [3.05, 3.63) is 29.8 Å². The first kappa shape index (κ1) is 27.6. The number of amides is 1. The van der Waals surface area contributed by atoms with Crippen LogP contribution in [-0.2, 0) is 21.4 Å². The van der Waals surface area contributed by atoms with Gasteiger partial charge < -0.3 is 15.5 Å². The van der Waals surface area contributed by atoms with Gasteiger partial charge in [0, 0.05) is 46.7 Å². The topological polar surface area (TPSA) is 94.1 Å². The third-order valence-electron chi connectivity index (χ3n) is 5.05. The van der Waals surface area contributed by atoms with Gasteiger partial charge in [-0.2, -0.15) is 0 Å². The van der Waals surface area contributed by atoms with Crippen LogP contribution < -0.4 is 10.6 Å². The lowest BCUT2D eigenvalue weighted by molar-refractivity contribution is -0.130. The number of benzene rings is 1. The highest BCUT2D eigenvalue weighted by Gasteiger charge is 2.20. The number of nitrogens with one attached hydrogen (secondary N) is 2. The van der Waals surface area contributed by atoms with E-state index in [9.17, 15) is 13.2 Å². The maximum atomic E-state index is 12.5. The van der Waals surface area contributed by atoms with Gasteiger partial charge in [0.1, 0.15) is 0 Å². The number of carbonyl (C=O) groups is 1. The number of aliphatic imine (C=N–C) groups is 1. The van der Waals surface area contributed by atoms with Gasteiger partial charge >= 0.3 is 0 Å². The number of sulfonamides is 1. The Bertz CT molecular complexity index is 830. The minimum atomic E-state index is -3.52. The van der Waals surface area contributed by atoms with E-state index in [4.69, 9.17) is 0 Å². The molecule has 0 aromatic heterocycles. The highest BCUT2D eigenvalue weighted by Crippen LogP contribution is 2.19. The van der Waals surface area contributed by atoms with Crippen molar-refractivity contribution in [3.63, 3.8) is 0 Å². The highest BCUT2D eigenvalue weighted by atomic mass is 127. The molecule has 1 aliphatic rings. The number of halogens is 1. The van der Waals surface area contributed by atoms with Gasteiger partial charge in [-0.05, 0) is 37.8 Å². The van der Waals surface area contributed by atoms with Gasteiger partial charge in [0.25, 0.3) is 0 Å². The van der Waals surface area contributed by atoms with Gasteiger partial charge in [0.15, 0.2) is 5.96 Å². The molecule has 2 rings (SSSR count). The zero-order chi connectivity index (χ0) is 22.0. The smallest absolute Gasteiger partial charge is 0.242 e. The second-order valence-electron chi connectivity index (χ2n) is 7.56. The Labute approximate surface area is 203 Å². The van der Waals surface area contributed by atoms with Crippen LogP contribution in [-0.4, -0.2) is 69.8 Å². The fourth-order valence-corrected chi connectivity index (χ4v) is 4.45. The third kappa shape index (κ3) is 8.57. The van der Waals surface area contributed by atoms with Crippen molar-refractivity contribution in [1.82, 2.24) is 19.8 Å². The normalized spacial score (nSPS) is 15.4. The van der Waals surface area contributed by atoms with Crippen molar-refractivity contribution < 1.29 is 13.2 Å². The maximum absolute atomic E-state index is 12.5. The van der Waals surface area contributed by atoms with Crippen LogP contribution in [0.1, 0.15) is 44.6 Å². The Morgan fingerprint density at radius 1 is 1.16 bits per heavy atom. The van der Waals surface area contributed by atoms with Crippen molar-refractivity contribution in [2.75, 3.05) is 40.3 Å². The molecule has 0 unspecified atom stereocenters. The van der Waals surface area contributed by atoms with Gasteiger partial charge in [0.2, 0.25) is 15.9 Å². The van der Waals surface area contributed by atoms with Gasteiger partial charge in [-0.3, -0.25) is 4.79 Å². The van der Waals surface area contributed by atoms with E-state index in [2.05, 4.69) is 15.6 Å². The summed E-state index contributed by atoms with van der Waals surface area (Å²) >= 11 is 0. The van der Waals surface area contributed by atoms with Crippen LogP contribution in [0.4, 0.5) is 0 Å². The average molecular weight is 566 g/mol. The number of guanidine groups is 1. The molecule has 0 spiro atoms. The van der Waals surface area contributed by atoms with Crippen LogP contribution in [0, 0.1) is 0 Å². The van der Waals surface area contributed by atoms with Crippen molar-refractivity contribution in [2.45, 2.75) is 50.5 Å². The minimum Gasteiger partial charge on any atom is -0.357 e. The van der Waals surface area contributed by atoms with Crippen molar-refractivity contribution in [3.8, 4) is 0 Å². The molecule has 1 aromatic carbocycles. The molecule has 0 aliphatic carbocycles. The summed E-state index contributed by atoms with van der Waals surface area (Å²) in [6.07, 6.45) is 4.70. The van der Waals surface area contributed by atoms with Gasteiger partial charge in [-0.15, -0.1) is 24.0 Å². The van der Waals surface area contributed by atoms with E-state index in [1.165, 1.54) is 18.4 Å². The molecule has 1 amide bonds. The van der Waals surface area contributed by atoms with Crippen LogP contribution in [0.3, 0.4) is 0 Å². The predicted octanol–water partition coefficient (Wildman–Crippen LogP) is 2.40. The second kappa shape index (κ2) is 13.9. The summed E-state index contributed by atoms with van der Waals surface area (Å²) in [4.78, 5) is 18.9. The number of rotatable bonds is 9. The summed E-state index contributed by atoms with van der Waals surface area (Å²) in [5.74, 6) is 0.892. The Morgan fingerprint density at radius 2 is 1.90 bits per heavy atom. The number of carbonyl (C=O) groups excluding carboxylic acids is 1. The predicted molar refractivity (Wildman–Crippen MR) is 135 cm³/mol. The SMILES string of the molecule is CCNC(=NCc1ccccc1S(=O)(=O)N(C)C)NCCCN1CCCCCC1=O.I. The summed E-state index contributed by atoms with van der Waals surface area (Å²) in [6, 6.07) is 6.93. The number of likely N-dealkylation sites (tertiary alicyclic amines) is 1.